The summed E-state index contributed by atoms with van der Waals surface area (Å²) in [6.45, 7) is 1.28. The van der Waals surface area contributed by atoms with Gasteiger partial charge in [0.25, 0.3) is 0 Å². The van der Waals surface area contributed by atoms with Crippen LogP contribution in [0.25, 0.3) is 0 Å². The van der Waals surface area contributed by atoms with E-state index in [1.54, 1.807) is 0 Å². The molecule has 0 aromatic heterocycles. The monoisotopic (exact) mass is 237 g/mol. The molecule has 2 heteroatoms. The number of ether oxygens (including phenoxy) is 1. The minimum atomic E-state index is 0.525. The average molecular weight is 237 g/mol. The summed E-state index contributed by atoms with van der Waals surface area (Å²) < 4.78 is 5.44. The number of methoxy groups -OCH3 is 1. The van der Waals surface area contributed by atoms with Gasteiger partial charge in [0, 0.05) is 19.7 Å². The number of hydrogen-bond donors (Lipinski definition) is 0. The van der Waals surface area contributed by atoms with Gasteiger partial charge in [-0.2, -0.15) is 0 Å². The van der Waals surface area contributed by atoms with Gasteiger partial charge in [0.2, 0.25) is 0 Å². The zero-order chi connectivity index (χ0) is 12.1. The lowest BCUT2D eigenvalue weighted by atomic mass is 9.89. The molecule has 2 nitrogen and oxygen atoms in total. The normalized spacial score (nSPS) is 34.2. The standard InChI is InChI=1S/C15H27NO/c1-16(12-13-6-4-3-5-7-13)14-8-10-15(17-2)11-9-14/h3-4,13-15H,5-12H2,1-2H3/t13-,14?,15?/m0/s1. The van der Waals surface area contributed by atoms with Gasteiger partial charge in [0.1, 0.15) is 0 Å². The molecule has 1 atom stereocenters. The highest BCUT2D eigenvalue weighted by Gasteiger charge is 2.25. The van der Waals surface area contributed by atoms with Crippen LogP contribution >= 0.6 is 0 Å². The Labute approximate surface area is 106 Å². The van der Waals surface area contributed by atoms with Crippen molar-refractivity contribution in [3.63, 3.8) is 0 Å². The highest BCUT2D eigenvalue weighted by atomic mass is 16.5. The second kappa shape index (κ2) is 6.55. The van der Waals surface area contributed by atoms with E-state index in [1.807, 2.05) is 7.11 Å². The Morgan fingerprint density at radius 1 is 1.12 bits per heavy atom. The van der Waals surface area contributed by atoms with Crippen LogP contribution in [0.15, 0.2) is 12.2 Å². The Balaban J connectivity index is 1.72. The quantitative estimate of drug-likeness (QED) is 0.696. The molecule has 0 aromatic rings. The van der Waals surface area contributed by atoms with Crippen LogP contribution < -0.4 is 0 Å². The number of nitrogens with zero attached hydrogens (tertiary/aromatic N) is 1. The molecular weight excluding hydrogens is 210 g/mol. The summed E-state index contributed by atoms with van der Waals surface area (Å²) in [5.74, 6) is 0.894. The summed E-state index contributed by atoms with van der Waals surface area (Å²) in [5.41, 5.74) is 0. The van der Waals surface area contributed by atoms with Gasteiger partial charge < -0.3 is 9.64 Å². The predicted octanol–water partition coefficient (Wildman–Crippen LogP) is 3.23. The highest BCUT2D eigenvalue weighted by Crippen LogP contribution is 2.26. The zero-order valence-electron chi connectivity index (χ0n) is 11.4. The van der Waals surface area contributed by atoms with Crippen molar-refractivity contribution in [2.75, 3.05) is 20.7 Å². The van der Waals surface area contributed by atoms with E-state index in [9.17, 15) is 0 Å². The maximum absolute atomic E-state index is 5.44. The molecule has 0 spiro atoms. The van der Waals surface area contributed by atoms with E-state index in [2.05, 4.69) is 24.1 Å². The van der Waals surface area contributed by atoms with Crippen LogP contribution in [0.4, 0.5) is 0 Å². The maximum atomic E-state index is 5.44. The van der Waals surface area contributed by atoms with Crippen LogP contribution in [0.1, 0.15) is 44.9 Å². The molecule has 0 bridgehead atoms. The molecule has 17 heavy (non-hydrogen) atoms. The predicted molar refractivity (Wildman–Crippen MR) is 72.2 cm³/mol. The summed E-state index contributed by atoms with van der Waals surface area (Å²) in [6.07, 6.45) is 14.3. The second-order valence-electron chi connectivity index (χ2n) is 5.76. The molecule has 2 aliphatic rings. The van der Waals surface area contributed by atoms with Crippen LogP contribution in [-0.4, -0.2) is 37.7 Å². The molecule has 0 radical (unpaired) electrons. The molecule has 0 amide bonds. The van der Waals surface area contributed by atoms with Gasteiger partial charge in [-0.3, -0.25) is 0 Å². The van der Waals surface area contributed by atoms with E-state index in [-0.39, 0.29) is 0 Å². The largest absolute Gasteiger partial charge is 0.381 e. The lowest BCUT2D eigenvalue weighted by molar-refractivity contribution is 0.0409. The van der Waals surface area contributed by atoms with E-state index < -0.39 is 0 Å². The smallest absolute Gasteiger partial charge is 0.0572 e. The van der Waals surface area contributed by atoms with Crippen LogP contribution in [-0.2, 0) is 4.74 Å². The van der Waals surface area contributed by atoms with Crippen molar-refractivity contribution in [2.24, 2.45) is 5.92 Å². The van der Waals surface area contributed by atoms with Gasteiger partial charge in [0.05, 0.1) is 6.10 Å². The Morgan fingerprint density at radius 2 is 1.88 bits per heavy atom. The summed E-state index contributed by atoms with van der Waals surface area (Å²) >= 11 is 0. The van der Waals surface area contributed by atoms with Crippen LogP contribution in [0.3, 0.4) is 0 Å². The summed E-state index contributed by atoms with van der Waals surface area (Å²) in [7, 11) is 4.17. The molecule has 2 aliphatic carbocycles. The van der Waals surface area contributed by atoms with Gasteiger partial charge in [-0.25, -0.2) is 0 Å². The lowest BCUT2D eigenvalue weighted by Crippen LogP contribution is -2.39. The van der Waals surface area contributed by atoms with E-state index in [0.717, 1.165) is 12.0 Å². The number of allylic oxidation sites excluding steroid dienone is 2. The first kappa shape index (κ1) is 13.1. The first-order valence-corrected chi connectivity index (χ1v) is 7.17. The Bertz CT molecular complexity index is 243. The molecule has 1 fully saturated rings. The molecule has 0 saturated heterocycles. The van der Waals surface area contributed by atoms with Crippen LogP contribution in [0, 0.1) is 5.92 Å². The second-order valence-corrected chi connectivity index (χ2v) is 5.76. The summed E-state index contributed by atoms with van der Waals surface area (Å²) in [4.78, 5) is 2.61. The topological polar surface area (TPSA) is 12.5 Å². The molecule has 0 aromatic carbocycles. The fourth-order valence-corrected chi connectivity index (χ4v) is 3.30. The SMILES string of the molecule is COC1CCC(N(C)C[C@H]2CC=CCC2)CC1. The number of rotatable bonds is 4. The lowest BCUT2D eigenvalue weighted by Gasteiger charge is -2.36. The van der Waals surface area contributed by atoms with E-state index in [4.69, 9.17) is 4.74 Å². The molecule has 0 aliphatic heterocycles. The third-order valence-corrected chi connectivity index (χ3v) is 4.52. The van der Waals surface area contributed by atoms with Crippen LogP contribution in [0.5, 0.6) is 0 Å². The third kappa shape index (κ3) is 3.82. The molecule has 0 N–H and O–H groups in total. The van der Waals surface area contributed by atoms with Gasteiger partial charge in [-0.05, 0) is 57.9 Å². The van der Waals surface area contributed by atoms with Crippen molar-refractivity contribution in [2.45, 2.75) is 57.1 Å². The van der Waals surface area contributed by atoms with Gasteiger partial charge in [-0.15, -0.1) is 0 Å². The van der Waals surface area contributed by atoms with Crippen molar-refractivity contribution in [3.8, 4) is 0 Å². The van der Waals surface area contributed by atoms with Crippen LogP contribution in [0.2, 0.25) is 0 Å². The van der Waals surface area contributed by atoms with Gasteiger partial charge in [0.15, 0.2) is 0 Å². The zero-order valence-corrected chi connectivity index (χ0v) is 11.4. The fourth-order valence-electron chi connectivity index (χ4n) is 3.30. The van der Waals surface area contributed by atoms with E-state index in [0.29, 0.717) is 6.10 Å². The Morgan fingerprint density at radius 3 is 2.47 bits per heavy atom. The Hall–Kier alpha value is -0.340. The maximum Gasteiger partial charge on any atom is 0.0572 e. The first-order valence-electron chi connectivity index (χ1n) is 7.17. The van der Waals surface area contributed by atoms with Gasteiger partial charge >= 0.3 is 0 Å². The Kier molecular flexibility index (Phi) is 5.05. The molecule has 0 unspecified atom stereocenters. The van der Waals surface area contributed by atoms with E-state index >= 15 is 0 Å². The minimum Gasteiger partial charge on any atom is -0.381 e. The summed E-state index contributed by atoms with van der Waals surface area (Å²) in [5, 5.41) is 0. The molecule has 2 rings (SSSR count). The third-order valence-electron chi connectivity index (χ3n) is 4.52. The molecular formula is C15H27NO. The highest BCUT2D eigenvalue weighted by molar-refractivity contribution is 4.91. The summed E-state index contributed by atoms with van der Waals surface area (Å²) in [6, 6.07) is 0.798. The van der Waals surface area contributed by atoms with Crippen molar-refractivity contribution >= 4 is 0 Å². The minimum absolute atomic E-state index is 0.525. The number of hydrogen-bond acceptors (Lipinski definition) is 2. The van der Waals surface area contributed by atoms with Crippen molar-refractivity contribution in [3.05, 3.63) is 12.2 Å². The molecule has 0 heterocycles. The first-order chi connectivity index (χ1) is 8.29. The molecule has 98 valence electrons. The van der Waals surface area contributed by atoms with Crippen molar-refractivity contribution in [1.82, 2.24) is 4.90 Å². The van der Waals surface area contributed by atoms with Crippen molar-refractivity contribution in [1.29, 1.82) is 0 Å². The van der Waals surface area contributed by atoms with E-state index in [1.165, 1.54) is 51.5 Å². The average Bonchev–Trinajstić information content (AvgIpc) is 2.40. The van der Waals surface area contributed by atoms with Gasteiger partial charge in [-0.1, -0.05) is 12.2 Å². The molecule has 1 saturated carbocycles. The van der Waals surface area contributed by atoms with Crippen molar-refractivity contribution < 1.29 is 4.74 Å². The fraction of sp³-hybridized carbons (Fsp3) is 0.867.